The van der Waals surface area contributed by atoms with Crippen molar-refractivity contribution in [1.82, 2.24) is 5.32 Å². The number of nitrogens with zero attached hydrogens (tertiary/aromatic N) is 1. The van der Waals surface area contributed by atoms with Gasteiger partial charge in [-0.2, -0.15) is 0 Å². The van der Waals surface area contributed by atoms with E-state index < -0.39 is 6.04 Å². The van der Waals surface area contributed by atoms with Crippen molar-refractivity contribution >= 4 is 27.7 Å². The molecule has 0 spiro atoms. The van der Waals surface area contributed by atoms with Crippen molar-refractivity contribution in [2.45, 2.75) is 18.9 Å². The Balaban J connectivity index is 2.12. The van der Waals surface area contributed by atoms with Gasteiger partial charge in [0.25, 0.3) is 5.91 Å². The zero-order valence-electron chi connectivity index (χ0n) is 9.64. The maximum Gasteiger partial charge on any atom is 0.253 e. The van der Waals surface area contributed by atoms with Crippen molar-refractivity contribution in [3.63, 3.8) is 0 Å². The minimum atomic E-state index is -0.394. The summed E-state index contributed by atoms with van der Waals surface area (Å²) in [6.07, 6.45) is 1.97. The number of nitrogens with one attached hydrogen (secondary N) is 1. The molecule has 2 rings (SSSR count). The quantitative estimate of drug-likeness (QED) is 0.342. The number of hydrogen-bond donors (Lipinski definition) is 3. The first kappa shape index (κ1) is 12.9. The fourth-order valence-corrected chi connectivity index (χ4v) is 2.25. The number of amidine groups is 1. The lowest BCUT2D eigenvalue weighted by molar-refractivity contribution is 0.0942. The minimum absolute atomic E-state index is 0.0536. The highest BCUT2D eigenvalue weighted by molar-refractivity contribution is 9.10. The molecule has 1 aromatic carbocycles. The van der Waals surface area contributed by atoms with E-state index in [1.54, 1.807) is 18.2 Å². The first-order chi connectivity index (χ1) is 8.63. The average Bonchev–Trinajstić information content (AvgIpc) is 3.19. The summed E-state index contributed by atoms with van der Waals surface area (Å²) in [4.78, 5) is 12.1. The number of hydrogen-bond acceptors (Lipinski definition) is 3. The van der Waals surface area contributed by atoms with E-state index in [0.717, 1.165) is 17.3 Å². The van der Waals surface area contributed by atoms with Crippen LogP contribution in [0.5, 0.6) is 0 Å². The normalized spacial score (nSPS) is 17.3. The third kappa shape index (κ3) is 2.81. The molecule has 1 saturated carbocycles. The van der Waals surface area contributed by atoms with Crippen LogP contribution in [0.25, 0.3) is 0 Å². The highest BCUT2D eigenvalue weighted by atomic mass is 79.9. The van der Waals surface area contributed by atoms with E-state index in [4.69, 9.17) is 10.9 Å². The Hall–Kier alpha value is -1.56. The molecule has 1 aliphatic carbocycles. The molecular formula is C12H14BrN3O2. The number of carbonyl (C=O) groups excluding carboxylic acids is 1. The molecule has 0 heterocycles. The predicted molar refractivity (Wildman–Crippen MR) is 71.5 cm³/mol. The van der Waals surface area contributed by atoms with Crippen LogP contribution in [-0.2, 0) is 0 Å². The zero-order chi connectivity index (χ0) is 13.1. The topological polar surface area (TPSA) is 87.7 Å². The van der Waals surface area contributed by atoms with E-state index in [1.807, 2.05) is 6.07 Å². The van der Waals surface area contributed by atoms with Gasteiger partial charge >= 0.3 is 0 Å². The molecule has 1 amide bonds. The second-order valence-corrected chi connectivity index (χ2v) is 5.15. The largest absolute Gasteiger partial charge is 0.409 e. The highest BCUT2D eigenvalue weighted by Crippen LogP contribution is 2.33. The Morgan fingerprint density at radius 3 is 2.72 bits per heavy atom. The van der Waals surface area contributed by atoms with Crippen molar-refractivity contribution in [3.05, 3.63) is 34.3 Å². The molecule has 1 fully saturated rings. The molecule has 96 valence electrons. The zero-order valence-corrected chi connectivity index (χ0v) is 11.2. The molecule has 0 bridgehead atoms. The van der Waals surface area contributed by atoms with Gasteiger partial charge in [-0.15, -0.1) is 0 Å². The van der Waals surface area contributed by atoms with Gasteiger partial charge < -0.3 is 16.3 Å². The molecule has 18 heavy (non-hydrogen) atoms. The molecule has 0 saturated heterocycles. The predicted octanol–water partition coefficient (Wildman–Crippen LogP) is 1.70. The summed E-state index contributed by atoms with van der Waals surface area (Å²) in [6.45, 7) is 0. The molecule has 0 radical (unpaired) electrons. The highest BCUT2D eigenvalue weighted by Gasteiger charge is 2.35. The number of benzene rings is 1. The second-order valence-electron chi connectivity index (χ2n) is 4.29. The standard InChI is InChI=1S/C12H14BrN3O2/c13-9-4-2-1-3-8(9)12(17)15-10(7-5-6-7)11(14)16-18/h1-4,7,10,18H,5-6H2,(H2,14,16)(H,15,17). The molecular weight excluding hydrogens is 298 g/mol. The summed E-state index contributed by atoms with van der Waals surface area (Å²) >= 11 is 3.32. The van der Waals surface area contributed by atoms with Crippen LogP contribution in [0.1, 0.15) is 23.2 Å². The van der Waals surface area contributed by atoms with E-state index >= 15 is 0 Å². The van der Waals surface area contributed by atoms with Gasteiger partial charge in [0.05, 0.1) is 11.6 Å². The third-order valence-corrected chi connectivity index (χ3v) is 3.62. The fourth-order valence-electron chi connectivity index (χ4n) is 1.79. The van der Waals surface area contributed by atoms with Crippen LogP contribution in [0.4, 0.5) is 0 Å². The molecule has 1 aliphatic rings. The number of halogens is 1. The fraction of sp³-hybridized carbons (Fsp3) is 0.333. The first-order valence-corrected chi connectivity index (χ1v) is 6.45. The van der Waals surface area contributed by atoms with E-state index in [1.165, 1.54) is 0 Å². The Morgan fingerprint density at radius 2 is 2.17 bits per heavy atom. The lowest BCUT2D eigenvalue weighted by Gasteiger charge is -2.17. The van der Waals surface area contributed by atoms with Gasteiger partial charge in [0.15, 0.2) is 5.84 Å². The molecule has 5 nitrogen and oxygen atoms in total. The van der Waals surface area contributed by atoms with Gasteiger partial charge in [0.2, 0.25) is 0 Å². The Morgan fingerprint density at radius 1 is 1.50 bits per heavy atom. The molecule has 0 aromatic heterocycles. The molecule has 0 aliphatic heterocycles. The maximum absolute atomic E-state index is 12.1. The van der Waals surface area contributed by atoms with Gasteiger partial charge in [0, 0.05) is 4.47 Å². The summed E-state index contributed by atoms with van der Waals surface area (Å²) in [7, 11) is 0. The average molecular weight is 312 g/mol. The number of oxime groups is 1. The van der Waals surface area contributed by atoms with Crippen molar-refractivity contribution in [3.8, 4) is 0 Å². The van der Waals surface area contributed by atoms with Gasteiger partial charge in [-0.1, -0.05) is 17.3 Å². The third-order valence-electron chi connectivity index (χ3n) is 2.93. The summed E-state index contributed by atoms with van der Waals surface area (Å²) in [5.41, 5.74) is 6.13. The molecule has 4 N–H and O–H groups in total. The van der Waals surface area contributed by atoms with Crippen molar-refractivity contribution in [2.75, 3.05) is 0 Å². The lowest BCUT2D eigenvalue weighted by Crippen LogP contribution is -2.46. The van der Waals surface area contributed by atoms with E-state index in [-0.39, 0.29) is 17.7 Å². The second kappa shape index (κ2) is 5.39. The van der Waals surface area contributed by atoms with Crippen LogP contribution in [0.3, 0.4) is 0 Å². The number of nitrogens with two attached hydrogens (primary N) is 1. The first-order valence-electron chi connectivity index (χ1n) is 5.66. The Kier molecular flexibility index (Phi) is 3.86. The Bertz CT molecular complexity index is 486. The minimum Gasteiger partial charge on any atom is -0.409 e. The molecule has 1 atom stereocenters. The summed E-state index contributed by atoms with van der Waals surface area (Å²) in [6, 6.07) is 6.74. The Labute approximate surface area is 113 Å². The molecule has 1 unspecified atom stereocenters. The van der Waals surface area contributed by atoms with Crippen molar-refractivity contribution < 1.29 is 10.0 Å². The number of amides is 1. The van der Waals surface area contributed by atoms with E-state index in [0.29, 0.717) is 5.56 Å². The van der Waals surface area contributed by atoms with Gasteiger partial charge in [0.1, 0.15) is 0 Å². The van der Waals surface area contributed by atoms with Crippen LogP contribution in [0.2, 0.25) is 0 Å². The van der Waals surface area contributed by atoms with Gasteiger partial charge in [-0.05, 0) is 46.8 Å². The summed E-state index contributed by atoms with van der Waals surface area (Å²) < 4.78 is 0.719. The lowest BCUT2D eigenvalue weighted by atomic mass is 10.1. The monoisotopic (exact) mass is 311 g/mol. The van der Waals surface area contributed by atoms with Crippen LogP contribution in [0, 0.1) is 5.92 Å². The van der Waals surface area contributed by atoms with Gasteiger partial charge in [-0.25, -0.2) is 0 Å². The van der Waals surface area contributed by atoms with Gasteiger partial charge in [-0.3, -0.25) is 4.79 Å². The molecule has 1 aromatic rings. The van der Waals surface area contributed by atoms with Crippen LogP contribution >= 0.6 is 15.9 Å². The number of rotatable bonds is 4. The maximum atomic E-state index is 12.1. The van der Waals surface area contributed by atoms with Crippen LogP contribution in [0.15, 0.2) is 33.9 Å². The molecule has 6 heteroatoms. The smallest absolute Gasteiger partial charge is 0.253 e. The van der Waals surface area contributed by atoms with Crippen LogP contribution < -0.4 is 11.1 Å². The number of carbonyl (C=O) groups is 1. The van der Waals surface area contributed by atoms with E-state index in [9.17, 15) is 4.79 Å². The van der Waals surface area contributed by atoms with Crippen molar-refractivity contribution in [1.29, 1.82) is 0 Å². The SMILES string of the molecule is NC(=NO)C(NC(=O)c1ccccc1Br)C1CC1. The van der Waals surface area contributed by atoms with Crippen LogP contribution in [-0.4, -0.2) is 23.0 Å². The van der Waals surface area contributed by atoms with E-state index in [2.05, 4.69) is 26.4 Å². The summed E-state index contributed by atoms with van der Waals surface area (Å²) in [5.74, 6) is 0.0937. The van der Waals surface area contributed by atoms with Crippen molar-refractivity contribution in [2.24, 2.45) is 16.8 Å². The summed E-state index contributed by atoms with van der Waals surface area (Å²) in [5, 5.41) is 14.5.